The van der Waals surface area contributed by atoms with E-state index in [9.17, 15) is 9.59 Å². The molecule has 0 spiro atoms. The molecule has 1 aliphatic carbocycles. The number of carbonyl (C=O) groups is 2. The second-order valence-corrected chi connectivity index (χ2v) is 6.58. The minimum Gasteiger partial charge on any atom is -0.495 e. The first-order valence-electron chi connectivity index (χ1n) is 7.98. The highest BCUT2D eigenvalue weighted by Crippen LogP contribution is 2.34. The zero-order valence-corrected chi connectivity index (χ0v) is 14.2. The summed E-state index contributed by atoms with van der Waals surface area (Å²) in [5.41, 5.74) is 0.660. The first kappa shape index (κ1) is 16.1. The van der Waals surface area contributed by atoms with Crippen molar-refractivity contribution in [3.05, 3.63) is 23.2 Å². The number of amides is 2. The molecule has 2 fully saturated rings. The Bertz CT molecular complexity index is 630. The van der Waals surface area contributed by atoms with E-state index in [-0.39, 0.29) is 17.7 Å². The fourth-order valence-electron chi connectivity index (χ4n) is 3.17. The smallest absolute Gasteiger partial charge is 0.249 e. The van der Waals surface area contributed by atoms with Crippen LogP contribution in [0.5, 0.6) is 5.75 Å². The van der Waals surface area contributed by atoms with Crippen LogP contribution in [-0.2, 0) is 9.59 Å². The molecular formula is C17H21ClN2O3. The molecule has 23 heavy (non-hydrogen) atoms. The summed E-state index contributed by atoms with van der Waals surface area (Å²) in [6, 6.07) is 4.75. The Labute approximate surface area is 141 Å². The monoisotopic (exact) mass is 336 g/mol. The summed E-state index contributed by atoms with van der Waals surface area (Å²) in [6.45, 7) is 2.79. The quantitative estimate of drug-likeness (QED) is 0.852. The number of benzene rings is 1. The number of rotatable bonds is 3. The van der Waals surface area contributed by atoms with Crippen LogP contribution in [0, 0.1) is 5.92 Å². The van der Waals surface area contributed by atoms with Crippen molar-refractivity contribution in [3.8, 4) is 5.75 Å². The van der Waals surface area contributed by atoms with Crippen LogP contribution < -0.4 is 9.64 Å². The molecule has 1 saturated heterocycles. The lowest BCUT2D eigenvalue weighted by Gasteiger charge is -2.42. The third-order valence-electron chi connectivity index (χ3n) is 4.82. The van der Waals surface area contributed by atoms with Crippen LogP contribution in [0.4, 0.5) is 5.69 Å². The predicted octanol–water partition coefficient (Wildman–Crippen LogP) is 2.71. The molecule has 3 rings (SSSR count). The fraction of sp³-hybridized carbons (Fsp3) is 0.529. The van der Waals surface area contributed by atoms with Crippen LogP contribution in [0.3, 0.4) is 0 Å². The third-order valence-corrected chi connectivity index (χ3v) is 5.06. The maximum atomic E-state index is 12.8. The first-order valence-corrected chi connectivity index (χ1v) is 8.36. The number of methoxy groups -OCH3 is 1. The van der Waals surface area contributed by atoms with E-state index in [1.54, 1.807) is 42.0 Å². The Kier molecular flexibility index (Phi) is 4.48. The minimum absolute atomic E-state index is 0.0931. The molecule has 1 heterocycles. The van der Waals surface area contributed by atoms with E-state index < -0.39 is 6.04 Å². The SMILES string of the molecule is COc1ccc(Cl)cc1N1CCN(C(=O)C2CCC2)[C@@H](C)C1=O. The number of anilines is 1. The highest BCUT2D eigenvalue weighted by atomic mass is 35.5. The Morgan fingerprint density at radius 1 is 1.30 bits per heavy atom. The van der Waals surface area contributed by atoms with Crippen LogP contribution in [0.25, 0.3) is 0 Å². The van der Waals surface area contributed by atoms with Gasteiger partial charge in [-0.15, -0.1) is 0 Å². The van der Waals surface area contributed by atoms with Gasteiger partial charge in [-0.1, -0.05) is 18.0 Å². The number of piperazine rings is 1. The number of carbonyl (C=O) groups excluding carboxylic acids is 2. The van der Waals surface area contributed by atoms with Crippen molar-refractivity contribution in [1.29, 1.82) is 0 Å². The summed E-state index contributed by atoms with van der Waals surface area (Å²) >= 11 is 6.07. The molecule has 1 atom stereocenters. The van der Waals surface area contributed by atoms with Crippen LogP contribution in [0.1, 0.15) is 26.2 Å². The summed E-state index contributed by atoms with van der Waals surface area (Å²) in [4.78, 5) is 28.6. The van der Waals surface area contributed by atoms with Gasteiger partial charge in [0.25, 0.3) is 0 Å². The maximum Gasteiger partial charge on any atom is 0.249 e. The van der Waals surface area contributed by atoms with Crippen LogP contribution in [0.15, 0.2) is 18.2 Å². The largest absolute Gasteiger partial charge is 0.495 e. The molecule has 124 valence electrons. The number of hydrogen-bond acceptors (Lipinski definition) is 3. The van der Waals surface area contributed by atoms with Gasteiger partial charge in [0.2, 0.25) is 11.8 Å². The van der Waals surface area contributed by atoms with Crippen molar-refractivity contribution < 1.29 is 14.3 Å². The summed E-state index contributed by atoms with van der Waals surface area (Å²) in [7, 11) is 1.57. The molecule has 2 amide bonds. The molecule has 0 unspecified atom stereocenters. The standard InChI is InChI=1S/C17H21ClN2O3/c1-11-16(21)20(14-10-13(18)6-7-15(14)23-2)9-8-19(11)17(22)12-4-3-5-12/h6-7,10-12H,3-5,8-9H2,1-2H3/t11-/m0/s1. The maximum absolute atomic E-state index is 12.8. The van der Waals surface area contributed by atoms with Gasteiger partial charge in [0.1, 0.15) is 11.8 Å². The van der Waals surface area contributed by atoms with Crippen LogP contribution in [-0.4, -0.2) is 43.0 Å². The second-order valence-electron chi connectivity index (χ2n) is 6.14. The molecular weight excluding hydrogens is 316 g/mol. The molecule has 1 aromatic rings. The lowest BCUT2D eigenvalue weighted by Crippen LogP contribution is -2.59. The van der Waals surface area contributed by atoms with Gasteiger partial charge in [0.05, 0.1) is 12.8 Å². The summed E-state index contributed by atoms with van der Waals surface area (Å²) in [5.74, 6) is 0.741. The van der Waals surface area contributed by atoms with E-state index >= 15 is 0 Å². The Balaban J connectivity index is 1.81. The zero-order valence-electron chi connectivity index (χ0n) is 13.4. The van der Waals surface area contributed by atoms with Crippen LogP contribution >= 0.6 is 11.6 Å². The molecule has 2 aliphatic rings. The molecule has 0 bridgehead atoms. The lowest BCUT2D eigenvalue weighted by atomic mass is 9.84. The number of nitrogens with zero attached hydrogens (tertiary/aromatic N) is 2. The summed E-state index contributed by atoms with van der Waals surface area (Å²) in [6.07, 6.45) is 3.00. The molecule has 1 aliphatic heterocycles. The second kappa shape index (κ2) is 6.40. The van der Waals surface area contributed by atoms with Crippen molar-refractivity contribution in [2.45, 2.75) is 32.2 Å². The number of halogens is 1. The van der Waals surface area contributed by atoms with Crippen molar-refractivity contribution in [2.24, 2.45) is 5.92 Å². The average molecular weight is 337 g/mol. The molecule has 0 N–H and O–H groups in total. The molecule has 1 saturated carbocycles. The number of ether oxygens (including phenoxy) is 1. The Morgan fingerprint density at radius 3 is 2.65 bits per heavy atom. The van der Waals surface area contributed by atoms with Gasteiger partial charge >= 0.3 is 0 Å². The third kappa shape index (κ3) is 2.90. The lowest BCUT2D eigenvalue weighted by molar-refractivity contribution is -0.146. The van der Waals surface area contributed by atoms with Crippen molar-refractivity contribution in [2.75, 3.05) is 25.1 Å². The topological polar surface area (TPSA) is 49.9 Å². The van der Waals surface area contributed by atoms with E-state index in [0.29, 0.717) is 29.5 Å². The molecule has 5 nitrogen and oxygen atoms in total. The highest BCUT2D eigenvalue weighted by Gasteiger charge is 2.39. The van der Waals surface area contributed by atoms with E-state index in [1.807, 2.05) is 0 Å². The van der Waals surface area contributed by atoms with E-state index in [1.165, 1.54) is 0 Å². The van der Waals surface area contributed by atoms with Gasteiger partial charge in [-0.05, 0) is 38.0 Å². The molecule has 1 aromatic carbocycles. The van der Waals surface area contributed by atoms with Gasteiger partial charge in [-0.3, -0.25) is 9.59 Å². The zero-order chi connectivity index (χ0) is 16.6. The molecule has 0 aromatic heterocycles. The average Bonchev–Trinajstić information content (AvgIpc) is 2.48. The van der Waals surface area contributed by atoms with Crippen molar-refractivity contribution in [1.82, 2.24) is 4.90 Å². The van der Waals surface area contributed by atoms with Gasteiger partial charge in [-0.25, -0.2) is 0 Å². The van der Waals surface area contributed by atoms with E-state index in [2.05, 4.69) is 0 Å². The number of hydrogen-bond donors (Lipinski definition) is 0. The van der Waals surface area contributed by atoms with Gasteiger partial charge < -0.3 is 14.5 Å². The van der Waals surface area contributed by atoms with E-state index in [0.717, 1.165) is 19.3 Å². The first-order chi connectivity index (χ1) is 11.0. The minimum atomic E-state index is -0.458. The highest BCUT2D eigenvalue weighted by molar-refractivity contribution is 6.31. The van der Waals surface area contributed by atoms with E-state index in [4.69, 9.17) is 16.3 Å². The normalized spacial score (nSPS) is 22.0. The Hall–Kier alpha value is -1.75. The summed E-state index contributed by atoms with van der Waals surface area (Å²) in [5, 5.41) is 0.550. The van der Waals surface area contributed by atoms with Gasteiger partial charge in [0.15, 0.2) is 0 Å². The predicted molar refractivity (Wildman–Crippen MR) is 88.9 cm³/mol. The van der Waals surface area contributed by atoms with Gasteiger partial charge in [0, 0.05) is 24.0 Å². The van der Waals surface area contributed by atoms with Crippen molar-refractivity contribution >= 4 is 29.1 Å². The fourth-order valence-corrected chi connectivity index (χ4v) is 3.34. The summed E-state index contributed by atoms with van der Waals surface area (Å²) < 4.78 is 5.34. The van der Waals surface area contributed by atoms with Crippen LogP contribution in [0.2, 0.25) is 5.02 Å². The molecule has 6 heteroatoms. The molecule has 0 radical (unpaired) electrons. The van der Waals surface area contributed by atoms with Gasteiger partial charge in [-0.2, -0.15) is 0 Å². The van der Waals surface area contributed by atoms with Crippen molar-refractivity contribution in [3.63, 3.8) is 0 Å². The Morgan fingerprint density at radius 2 is 2.04 bits per heavy atom.